The quantitative estimate of drug-likeness (QED) is 0.321. The normalized spacial score (nSPS) is 14.2. The van der Waals surface area contributed by atoms with Crippen molar-refractivity contribution >= 4 is 22.9 Å². The molecule has 11 heteroatoms. The predicted molar refractivity (Wildman–Crippen MR) is 153 cm³/mol. The van der Waals surface area contributed by atoms with Crippen LogP contribution < -0.4 is 15.8 Å². The highest BCUT2D eigenvalue weighted by Gasteiger charge is 2.27. The van der Waals surface area contributed by atoms with Gasteiger partial charge in [0.15, 0.2) is 17.3 Å². The second-order valence-electron chi connectivity index (χ2n) is 9.68. The number of nitrogens with zero attached hydrogens (tertiary/aromatic N) is 7. The maximum absolute atomic E-state index is 13.1. The standard InChI is InChI=1S/C30H25N9O2/c1-41-30-22(6-3-14-33-30)29(40)36-23-10-7-18-17-19(8-9-20(18)23)39-27(21-5-2-13-32-26(21)31)35-24-11-12-25(37-28(24)39)38-16-4-15-34-38/h2-6,8-9,11-17,23H,7,10H2,1H3,(H2,31,32)(H,36,40)/t23-/m0/s1. The van der Waals surface area contributed by atoms with Crippen molar-refractivity contribution in [2.75, 3.05) is 12.8 Å². The van der Waals surface area contributed by atoms with E-state index in [0.717, 1.165) is 35.2 Å². The van der Waals surface area contributed by atoms with Crippen LogP contribution >= 0.6 is 0 Å². The molecule has 6 aromatic rings. The molecular formula is C30H25N9O2. The molecule has 1 aromatic carbocycles. The average Bonchev–Trinajstić information content (AvgIpc) is 3.76. The van der Waals surface area contributed by atoms with Gasteiger partial charge in [0.2, 0.25) is 5.88 Å². The Balaban J connectivity index is 1.30. The highest BCUT2D eigenvalue weighted by atomic mass is 16.5. The number of amides is 1. The lowest BCUT2D eigenvalue weighted by atomic mass is 10.1. The van der Waals surface area contributed by atoms with Crippen molar-refractivity contribution in [1.29, 1.82) is 0 Å². The lowest BCUT2D eigenvalue weighted by Gasteiger charge is -2.16. The molecule has 0 bridgehead atoms. The Morgan fingerprint density at radius 1 is 1.02 bits per heavy atom. The Morgan fingerprint density at radius 2 is 1.90 bits per heavy atom. The maximum Gasteiger partial charge on any atom is 0.257 e. The number of hydrogen-bond donors (Lipinski definition) is 2. The van der Waals surface area contributed by atoms with Crippen molar-refractivity contribution in [3.8, 4) is 28.8 Å². The highest BCUT2D eigenvalue weighted by Crippen LogP contribution is 2.36. The van der Waals surface area contributed by atoms with Crippen molar-refractivity contribution in [1.82, 2.24) is 39.6 Å². The first kappa shape index (κ1) is 24.5. The van der Waals surface area contributed by atoms with Crippen molar-refractivity contribution < 1.29 is 9.53 Å². The van der Waals surface area contributed by atoms with E-state index in [-0.39, 0.29) is 11.9 Å². The number of fused-ring (bicyclic) bond motifs is 2. The number of pyridine rings is 3. The number of benzene rings is 1. The summed E-state index contributed by atoms with van der Waals surface area (Å²) in [5.41, 5.74) is 11.9. The number of carbonyl (C=O) groups excluding carboxylic acids is 1. The van der Waals surface area contributed by atoms with Crippen LogP contribution in [0.5, 0.6) is 5.88 Å². The molecule has 0 aliphatic heterocycles. The zero-order valence-electron chi connectivity index (χ0n) is 22.1. The summed E-state index contributed by atoms with van der Waals surface area (Å²) in [5, 5.41) is 7.49. The number of ether oxygens (including phenoxy) is 1. The van der Waals surface area contributed by atoms with E-state index in [4.69, 9.17) is 20.4 Å². The molecule has 0 saturated heterocycles. The Morgan fingerprint density at radius 3 is 2.73 bits per heavy atom. The third kappa shape index (κ3) is 4.24. The fourth-order valence-electron chi connectivity index (χ4n) is 5.37. The molecule has 0 saturated carbocycles. The van der Waals surface area contributed by atoms with E-state index >= 15 is 0 Å². The third-order valence-corrected chi connectivity index (χ3v) is 7.29. The number of methoxy groups -OCH3 is 1. The molecule has 1 aliphatic carbocycles. The van der Waals surface area contributed by atoms with Crippen LogP contribution in [0, 0.1) is 0 Å². The van der Waals surface area contributed by atoms with Gasteiger partial charge in [-0.2, -0.15) is 5.10 Å². The highest BCUT2D eigenvalue weighted by molar-refractivity contribution is 5.96. The van der Waals surface area contributed by atoms with Crippen LogP contribution in [0.4, 0.5) is 5.82 Å². The molecule has 1 amide bonds. The van der Waals surface area contributed by atoms with Gasteiger partial charge in [0.05, 0.1) is 18.7 Å². The number of aromatic nitrogens is 7. The molecule has 5 aromatic heterocycles. The fourth-order valence-corrected chi connectivity index (χ4v) is 5.37. The summed E-state index contributed by atoms with van der Waals surface area (Å²) in [6.45, 7) is 0. The summed E-state index contributed by atoms with van der Waals surface area (Å²) >= 11 is 0. The minimum atomic E-state index is -0.220. The van der Waals surface area contributed by atoms with E-state index in [1.807, 2.05) is 47.2 Å². The molecule has 0 spiro atoms. The molecule has 3 N–H and O–H groups in total. The summed E-state index contributed by atoms with van der Waals surface area (Å²) in [6.07, 6.45) is 8.40. The number of imidazole rings is 1. The lowest BCUT2D eigenvalue weighted by Crippen LogP contribution is -2.27. The number of nitrogens with one attached hydrogen (secondary N) is 1. The number of rotatable bonds is 6. The van der Waals surface area contributed by atoms with Crippen LogP contribution in [-0.4, -0.2) is 47.3 Å². The molecule has 202 valence electrons. The number of carbonyl (C=O) groups is 1. The van der Waals surface area contributed by atoms with E-state index in [2.05, 4.69) is 32.5 Å². The lowest BCUT2D eigenvalue weighted by molar-refractivity contribution is 0.0933. The first-order chi connectivity index (χ1) is 20.1. The molecule has 11 nitrogen and oxygen atoms in total. The van der Waals surface area contributed by atoms with Crippen molar-refractivity contribution in [3.05, 3.63) is 102 Å². The van der Waals surface area contributed by atoms with Gasteiger partial charge in [-0.25, -0.2) is 24.6 Å². The smallest absolute Gasteiger partial charge is 0.257 e. The van der Waals surface area contributed by atoms with E-state index in [1.165, 1.54) is 7.11 Å². The zero-order chi connectivity index (χ0) is 27.9. The maximum atomic E-state index is 13.1. The number of hydrogen-bond acceptors (Lipinski definition) is 8. The number of aryl methyl sites for hydroxylation is 1. The third-order valence-electron chi connectivity index (χ3n) is 7.29. The van der Waals surface area contributed by atoms with E-state index in [0.29, 0.717) is 40.1 Å². The predicted octanol–water partition coefficient (Wildman–Crippen LogP) is 4.07. The van der Waals surface area contributed by atoms with Gasteiger partial charge < -0.3 is 15.8 Å². The van der Waals surface area contributed by atoms with Gasteiger partial charge >= 0.3 is 0 Å². The average molecular weight is 544 g/mol. The molecule has 5 heterocycles. The minimum absolute atomic E-state index is 0.131. The van der Waals surface area contributed by atoms with Gasteiger partial charge in [0.25, 0.3) is 5.91 Å². The van der Waals surface area contributed by atoms with Crippen LogP contribution in [0.15, 0.2) is 85.5 Å². The fraction of sp³-hybridized carbons (Fsp3) is 0.133. The van der Waals surface area contributed by atoms with Crippen molar-refractivity contribution in [2.45, 2.75) is 18.9 Å². The van der Waals surface area contributed by atoms with E-state index in [1.54, 1.807) is 35.4 Å². The van der Waals surface area contributed by atoms with Crippen molar-refractivity contribution in [2.24, 2.45) is 0 Å². The SMILES string of the molecule is COc1ncccc1C(=O)N[C@H]1CCc2cc(-n3c(-c4cccnc4N)nc4ccc(-n5cccn5)nc43)ccc21. The van der Waals surface area contributed by atoms with Crippen LogP contribution in [0.3, 0.4) is 0 Å². The van der Waals surface area contributed by atoms with Crippen molar-refractivity contribution in [3.63, 3.8) is 0 Å². The Hall–Kier alpha value is -5.58. The largest absolute Gasteiger partial charge is 0.480 e. The van der Waals surface area contributed by atoms with Crippen LogP contribution in [0.25, 0.3) is 34.1 Å². The molecule has 1 atom stereocenters. The van der Waals surface area contributed by atoms with Gasteiger partial charge in [0, 0.05) is 30.5 Å². The summed E-state index contributed by atoms with van der Waals surface area (Å²) in [7, 11) is 1.51. The zero-order valence-corrected chi connectivity index (χ0v) is 22.1. The molecular weight excluding hydrogens is 518 g/mol. The Labute approximate surface area is 234 Å². The Bertz CT molecular complexity index is 1910. The summed E-state index contributed by atoms with van der Waals surface area (Å²) < 4.78 is 8.99. The van der Waals surface area contributed by atoms with Gasteiger partial charge in [-0.05, 0) is 78.6 Å². The topological polar surface area (TPSA) is 139 Å². The summed E-state index contributed by atoms with van der Waals surface area (Å²) in [5.74, 6) is 1.77. The minimum Gasteiger partial charge on any atom is -0.480 e. The van der Waals surface area contributed by atoms with Gasteiger partial charge in [0.1, 0.15) is 16.9 Å². The van der Waals surface area contributed by atoms with E-state index in [9.17, 15) is 4.79 Å². The number of anilines is 1. The first-order valence-corrected chi connectivity index (χ1v) is 13.1. The molecule has 0 fully saturated rings. The number of nitrogen functional groups attached to an aromatic ring is 1. The molecule has 1 aliphatic rings. The molecule has 7 rings (SSSR count). The van der Waals surface area contributed by atoms with Crippen LogP contribution in [0.1, 0.15) is 33.9 Å². The van der Waals surface area contributed by atoms with Gasteiger partial charge in [-0.1, -0.05) is 6.07 Å². The first-order valence-electron chi connectivity index (χ1n) is 13.1. The monoisotopic (exact) mass is 543 g/mol. The number of nitrogens with two attached hydrogens (primary N) is 1. The molecule has 41 heavy (non-hydrogen) atoms. The molecule has 0 unspecified atom stereocenters. The van der Waals surface area contributed by atoms with Gasteiger partial charge in [-0.3, -0.25) is 9.36 Å². The molecule has 0 radical (unpaired) electrons. The summed E-state index contributed by atoms with van der Waals surface area (Å²) in [4.78, 5) is 31.4. The van der Waals surface area contributed by atoms with E-state index < -0.39 is 0 Å². The van der Waals surface area contributed by atoms with Crippen LogP contribution in [0.2, 0.25) is 0 Å². The van der Waals surface area contributed by atoms with Gasteiger partial charge in [-0.15, -0.1) is 0 Å². The summed E-state index contributed by atoms with van der Waals surface area (Å²) in [6, 6.07) is 18.9. The van der Waals surface area contributed by atoms with Crippen LogP contribution in [-0.2, 0) is 6.42 Å². The second kappa shape index (κ2) is 9.87. The Kier molecular flexibility index (Phi) is 5.89. The second-order valence-corrected chi connectivity index (χ2v) is 9.68.